The quantitative estimate of drug-likeness (QED) is 0.318. The summed E-state index contributed by atoms with van der Waals surface area (Å²) in [6, 6.07) is 19.5. The van der Waals surface area contributed by atoms with Crippen LogP contribution in [-0.2, 0) is 4.79 Å². The number of ether oxygens (including phenoxy) is 2. The van der Waals surface area contributed by atoms with Crippen LogP contribution in [0.15, 0.2) is 77.4 Å². The van der Waals surface area contributed by atoms with Gasteiger partial charge in [-0.3, -0.25) is 4.79 Å². The fraction of sp³-hybridized carbons (Fsp3) is 0.179. The van der Waals surface area contributed by atoms with E-state index in [1.54, 1.807) is 19.4 Å². The van der Waals surface area contributed by atoms with Crippen molar-refractivity contribution in [2.75, 3.05) is 19.0 Å². The van der Waals surface area contributed by atoms with Crippen LogP contribution >= 0.6 is 0 Å². The molecule has 0 radical (unpaired) electrons. The first-order valence-corrected chi connectivity index (χ1v) is 10.9. The number of hydrogen-bond acceptors (Lipinski definition) is 4. The maximum atomic E-state index is 12.6. The van der Waals surface area contributed by atoms with Gasteiger partial charge in [0.2, 0.25) is 5.91 Å². The summed E-state index contributed by atoms with van der Waals surface area (Å²) in [7, 11) is 1.61. The zero-order valence-electron chi connectivity index (χ0n) is 19.3. The molecule has 5 heteroatoms. The molecule has 5 nitrogen and oxygen atoms in total. The summed E-state index contributed by atoms with van der Waals surface area (Å²) in [6.07, 6.45) is 3.33. The number of fused-ring (bicyclic) bond motifs is 1. The minimum absolute atomic E-state index is 0.197. The monoisotopic (exact) mass is 441 g/mol. The summed E-state index contributed by atoms with van der Waals surface area (Å²) >= 11 is 0. The van der Waals surface area contributed by atoms with Gasteiger partial charge in [-0.05, 0) is 62.2 Å². The zero-order valence-corrected chi connectivity index (χ0v) is 19.3. The Morgan fingerprint density at radius 1 is 1.06 bits per heavy atom. The molecule has 1 amide bonds. The Labute approximate surface area is 193 Å². The van der Waals surface area contributed by atoms with Crippen LogP contribution in [0.2, 0.25) is 0 Å². The van der Waals surface area contributed by atoms with Crippen molar-refractivity contribution < 1.29 is 18.7 Å². The molecule has 0 atom stereocenters. The maximum absolute atomic E-state index is 12.6. The molecule has 1 aromatic heterocycles. The van der Waals surface area contributed by atoms with E-state index in [1.165, 1.54) is 0 Å². The van der Waals surface area contributed by atoms with E-state index in [0.717, 1.165) is 50.2 Å². The van der Waals surface area contributed by atoms with Crippen molar-refractivity contribution in [2.45, 2.75) is 20.8 Å². The molecule has 0 bridgehead atoms. The third-order valence-electron chi connectivity index (χ3n) is 5.46. The van der Waals surface area contributed by atoms with Crippen molar-refractivity contribution in [1.82, 2.24) is 0 Å². The first-order chi connectivity index (χ1) is 16.0. The van der Waals surface area contributed by atoms with Gasteiger partial charge in [0, 0.05) is 34.3 Å². The van der Waals surface area contributed by atoms with Crippen LogP contribution in [0.3, 0.4) is 0 Å². The Bertz CT molecular complexity index is 1300. The van der Waals surface area contributed by atoms with Crippen LogP contribution in [0.5, 0.6) is 11.5 Å². The SMILES string of the molecule is CCOc1ccc(-c2coc3cc(OC)c(/C(C)=C/C(=O)Nc4ccc(C)cc4)cc23)cc1. The van der Waals surface area contributed by atoms with Crippen LogP contribution in [0.4, 0.5) is 5.69 Å². The van der Waals surface area contributed by atoms with E-state index in [1.807, 2.05) is 81.4 Å². The Morgan fingerprint density at radius 2 is 1.79 bits per heavy atom. The summed E-state index contributed by atoms with van der Waals surface area (Å²) in [4.78, 5) is 12.6. The van der Waals surface area contributed by atoms with Gasteiger partial charge in [0.15, 0.2) is 0 Å². The van der Waals surface area contributed by atoms with Gasteiger partial charge < -0.3 is 19.2 Å². The molecule has 0 saturated carbocycles. The highest BCUT2D eigenvalue weighted by Crippen LogP contribution is 2.37. The van der Waals surface area contributed by atoms with Crippen LogP contribution in [0.25, 0.3) is 27.7 Å². The summed E-state index contributed by atoms with van der Waals surface area (Å²) in [5.74, 6) is 1.28. The molecule has 33 heavy (non-hydrogen) atoms. The highest BCUT2D eigenvalue weighted by Gasteiger charge is 2.15. The molecule has 0 aliphatic heterocycles. The fourth-order valence-electron chi connectivity index (χ4n) is 3.74. The molecule has 0 spiro atoms. The molecule has 168 valence electrons. The van der Waals surface area contributed by atoms with E-state index in [-0.39, 0.29) is 5.91 Å². The summed E-state index contributed by atoms with van der Waals surface area (Å²) < 4.78 is 17.0. The third-order valence-corrected chi connectivity index (χ3v) is 5.46. The van der Waals surface area contributed by atoms with Crippen molar-refractivity contribution in [3.63, 3.8) is 0 Å². The van der Waals surface area contributed by atoms with Gasteiger partial charge in [-0.2, -0.15) is 0 Å². The van der Waals surface area contributed by atoms with E-state index in [9.17, 15) is 4.79 Å². The number of hydrogen-bond donors (Lipinski definition) is 1. The average Bonchev–Trinajstić information content (AvgIpc) is 3.23. The van der Waals surface area contributed by atoms with Crippen molar-refractivity contribution in [2.24, 2.45) is 0 Å². The molecule has 0 unspecified atom stereocenters. The van der Waals surface area contributed by atoms with E-state index in [2.05, 4.69) is 5.32 Å². The molecule has 0 saturated heterocycles. The van der Waals surface area contributed by atoms with Gasteiger partial charge in [0.25, 0.3) is 0 Å². The minimum atomic E-state index is -0.197. The van der Waals surface area contributed by atoms with Gasteiger partial charge in [-0.15, -0.1) is 0 Å². The Balaban J connectivity index is 1.67. The molecule has 4 rings (SSSR count). The normalized spacial score (nSPS) is 11.5. The molecular weight excluding hydrogens is 414 g/mol. The largest absolute Gasteiger partial charge is 0.496 e. The first-order valence-electron chi connectivity index (χ1n) is 10.9. The lowest BCUT2D eigenvalue weighted by Crippen LogP contribution is -2.08. The third kappa shape index (κ3) is 4.93. The second kappa shape index (κ2) is 9.65. The van der Waals surface area contributed by atoms with Crippen LogP contribution in [-0.4, -0.2) is 19.6 Å². The van der Waals surface area contributed by atoms with Gasteiger partial charge in [-0.25, -0.2) is 0 Å². The minimum Gasteiger partial charge on any atom is -0.496 e. The number of anilines is 1. The van der Waals surface area contributed by atoms with Gasteiger partial charge in [0.1, 0.15) is 17.1 Å². The second-order valence-electron chi connectivity index (χ2n) is 7.84. The van der Waals surface area contributed by atoms with E-state index < -0.39 is 0 Å². The Kier molecular flexibility index (Phi) is 6.50. The topological polar surface area (TPSA) is 60.7 Å². The second-order valence-corrected chi connectivity index (χ2v) is 7.84. The van der Waals surface area contributed by atoms with Gasteiger partial charge >= 0.3 is 0 Å². The van der Waals surface area contributed by atoms with Gasteiger partial charge in [0.05, 0.1) is 20.0 Å². The molecule has 1 N–H and O–H groups in total. The van der Waals surface area contributed by atoms with Crippen LogP contribution in [0.1, 0.15) is 25.0 Å². The van der Waals surface area contributed by atoms with E-state index in [4.69, 9.17) is 13.9 Å². The number of aryl methyl sites for hydroxylation is 1. The lowest BCUT2D eigenvalue weighted by molar-refractivity contribution is -0.111. The highest BCUT2D eigenvalue weighted by atomic mass is 16.5. The fourth-order valence-corrected chi connectivity index (χ4v) is 3.74. The van der Waals surface area contributed by atoms with Crippen LogP contribution in [0, 0.1) is 6.92 Å². The molecular formula is C28H27NO4. The number of allylic oxidation sites excluding steroid dienone is 1. The molecule has 1 heterocycles. The van der Waals surface area contributed by atoms with Crippen molar-refractivity contribution in [3.8, 4) is 22.6 Å². The van der Waals surface area contributed by atoms with E-state index >= 15 is 0 Å². The smallest absolute Gasteiger partial charge is 0.248 e. The molecule has 3 aromatic carbocycles. The number of methoxy groups -OCH3 is 1. The number of amides is 1. The standard InChI is InChI=1S/C28H27NO4/c1-5-32-22-12-8-20(9-13-22)25-17-33-27-16-26(31-4)23(15-24(25)27)19(3)14-28(30)29-21-10-6-18(2)7-11-21/h6-17H,5H2,1-4H3,(H,29,30)/b19-14+. The maximum Gasteiger partial charge on any atom is 0.248 e. The zero-order chi connectivity index (χ0) is 23.4. The van der Waals surface area contributed by atoms with E-state index in [0.29, 0.717) is 12.4 Å². The average molecular weight is 442 g/mol. The molecule has 4 aromatic rings. The number of rotatable bonds is 7. The van der Waals surface area contributed by atoms with Crippen molar-refractivity contribution in [1.29, 1.82) is 0 Å². The van der Waals surface area contributed by atoms with Crippen LogP contribution < -0.4 is 14.8 Å². The van der Waals surface area contributed by atoms with Gasteiger partial charge in [-0.1, -0.05) is 29.8 Å². The number of benzene rings is 3. The number of nitrogens with one attached hydrogen (secondary N) is 1. The Hall–Kier alpha value is -3.99. The number of furan rings is 1. The lowest BCUT2D eigenvalue weighted by atomic mass is 9.99. The summed E-state index contributed by atoms with van der Waals surface area (Å²) in [5.41, 5.74) is 6.22. The molecule has 0 fully saturated rings. The summed E-state index contributed by atoms with van der Waals surface area (Å²) in [5, 5.41) is 3.85. The number of carbonyl (C=O) groups excluding carboxylic acids is 1. The predicted octanol–water partition coefficient (Wildman–Crippen LogP) is 6.86. The first kappa shape index (κ1) is 22.2. The molecule has 0 aliphatic rings. The lowest BCUT2D eigenvalue weighted by Gasteiger charge is -2.10. The summed E-state index contributed by atoms with van der Waals surface area (Å²) in [6.45, 7) is 6.49. The molecule has 0 aliphatic carbocycles. The number of carbonyl (C=O) groups is 1. The van der Waals surface area contributed by atoms with Crippen molar-refractivity contribution in [3.05, 3.63) is 84.1 Å². The predicted molar refractivity (Wildman–Crippen MR) is 133 cm³/mol. The van der Waals surface area contributed by atoms with Crippen molar-refractivity contribution >= 4 is 28.1 Å². The highest BCUT2D eigenvalue weighted by molar-refractivity contribution is 6.05. The Morgan fingerprint density at radius 3 is 2.45 bits per heavy atom.